The molecule has 1 aromatic carbocycles. The molecule has 1 aliphatic rings. The molecule has 22 heavy (non-hydrogen) atoms. The van der Waals surface area contributed by atoms with Gasteiger partial charge in [-0.3, -0.25) is 4.90 Å². The summed E-state index contributed by atoms with van der Waals surface area (Å²) in [4.78, 5) is 13.1. The summed E-state index contributed by atoms with van der Waals surface area (Å²) in [6, 6.07) is 6.90. The van der Waals surface area contributed by atoms with E-state index in [0.29, 0.717) is 12.6 Å². The quantitative estimate of drug-likeness (QED) is 0.579. The van der Waals surface area contributed by atoms with E-state index in [1.54, 1.807) is 0 Å². The standard InChI is InChI=1S/C15H18N4O2.Li/c1-10(2)18-7-12-4-3-11(5-13(12)8-18)6-19-9-14(15(20)21)16-17-19;/h3-5,9-10H,6-8H2,1-2H3,(H,20,21);/q;+1/p-1. The van der Waals surface area contributed by atoms with Gasteiger partial charge in [-0.25, -0.2) is 4.68 Å². The van der Waals surface area contributed by atoms with Gasteiger partial charge < -0.3 is 9.90 Å². The zero-order chi connectivity index (χ0) is 15.0. The molecule has 110 valence electrons. The van der Waals surface area contributed by atoms with E-state index < -0.39 is 5.97 Å². The Kier molecular flexibility index (Phi) is 5.07. The maximum absolute atomic E-state index is 10.7. The maximum Gasteiger partial charge on any atom is 1.00 e. The number of nitrogens with zero attached hydrogens (tertiary/aromatic N) is 4. The van der Waals surface area contributed by atoms with Gasteiger partial charge in [-0.05, 0) is 30.5 Å². The van der Waals surface area contributed by atoms with Gasteiger partial charge in [0, 0.05) is 19.1 Å². The molecule has 0 fully saturated rings. The second kappa shape index (κ2) is 6.65. The van der Waals surface area contributed by atoms with Crippen LogP contribution in [0, 0.1) is 0 Å². The number of carboxylic acids is 1. The Hall–Kier alpha value is -1.61. The van der Waals surface area contributed by atoms with Gasteiger partial charge in [0.2, 0.25) is 0 Å². The van der Waals surface area contributed by atoms with Crippen molar-refractivity contribution in [3.05, 3.63) is 46.8 Å². The van der Waals surface area contributed by atoms with Crippen LogP contribution in [0.2, 0.25) is 0 Å². The van der Waals surface area contributed by atoms with Crippen molar-refractivity contribution >= 4 is 5.97 Å². The van der Waals surface area contributed by atoms with E-state index in [1.807, 2.05) is 0 Å². The number of carboxylic acid groups (broad SMARTS) is 1. The number of aromatic carboxylic acids is 1. The molecule has 0 bridgehead atoms. The second-order valence-electron chi connectivity index (χ2n) is 5.69. The second-order valence-corrected chi connectivity index (χ2v) is 5.69. The Morgan fingerprint density at radius 1 is 1.32 bits per heavy atom. The van der Waals surface area contributed by atoms with E-state index in [0.717, 1.165) is 18.7 Å². The third-order valence-corrected chi connectivity index (χ3v) is 3.84. The molecule has 0 saturated carbocycles. The minimum absolute atomic E-state index is 0. The van der Waals surface area contributed by atoms with E-state index in [2.05, 4.69) is 47.3 Å². The number of hydrogen-bond donors (Lipinski definition) is 0. The predicted octanol–water partition coefficient (Wildman–Crippen LogP) is -2.58. The summed E-state index contributed by atoms with van der Waals surface area (Å²) in [7, 11) is 0. The van der Waals surface area contributed by atoms with Gasteiger partial charge in [0.1, 0.15) is 5.69 Å². The number of carbonyl (C=O) groups is 1. The molecule has 6 nitrogen and oxygen atoms in total. The van der Waals surface area contributed by atoms with Crippen LogP contribution < -0.4 is 24.0 Å². The van der Waals surface area contributed by atoms with Crippen molar-refractivity contribution in [2.75, 3.05) is 0 Å². The first-order valence-corrected chi connectivity index (χ1v) is 6.99. The summed E-state index contributed by atoms with van der Waals surface area (Å²) in [6.07, 6.45) is 1.39. The summed E-state index contributed by atoms with van der Waals surface area (Å²) in [5, 5.41) is 18.1. The van der Waals surface area contributed by atoms with Gasteiger partial charge in [-0.15, -0.1) is 5.10 Å². The van der Waals surface area contributed by atoms with Crippen LogP contribution in [0.3, 0.4) is 0 Å². The first kappa shape index (κ1) is 16.8. The van der Waals surface area contributed by atoms with Crippen LogP contribution in [-0.2, 0) is 19.6 Å². The smallest absolute Gasteiger partial charge is 0.543 e. The number of fused-ring (bicyclic) bond motifs is 1. The molecule has 0 amide bonds. The number of rotatable bonds is 4. The van der Waals surface area contributed by atoms with E-state index in [1.165, 1.54) is 22.0 Å². The fraction of sp³-hybridized carbons (Fsp3) is 0.400. The average Bonchev–Trinajstić information content (AvgIpc) is 3.04. The van der Waals surface area contributed by atoms with Crippen LogP contribution in [0.15, 0.2) is 24.4 Å². The SMILES string of the molecule is CC(C)N1Cc2ccc(Cn3cc(C(=O)[O-])nn3)cc2C1.[Li+]. The van der Waals surface area contributed by atoms with Crippen molar-refractivity contribution in [3.8, 4) is 0 Å². The first-order valence-electron chi connectivity index (χ1n) is 6.99. The molecular weight excluding hydrogens is 275 g/mol. The van der Waals surface area contributed by atoms with Gasteiger partial charge in [0.25, 0.3) is 0 Å². The number of benzene rings is 1. The fourth-order valence-corrected chi connectivity index (χ4v) is 2.59. The number of carbonyl (C=O) groups excluding carboxylic acids is 1. The van der Waals surface area contributed by atoms with E-state index >= 15 is 0 Å². The zero-order valence-electron chi connectivity index (χ0n) is 13.1. The molecule has 1 aliphatic heterocycles. The largest absolute Gasteiger partial charge is 1.00 e. The molecule has 0 spiro atoms. The topological polar surface area (TPSA) is 74.1 Å². The molecule has 1 aromatic heterocycles. The van der Waals surface area contributed by atoms with Crippen molar-refractivity contribution in [2.24, 2.45) is 0 Å². The monoisotopic (exact) mass is 292 g/mol. The Labute approximate surface area is 141 Å². The fourth-order valence-electron chi connectivity index (χ4n) is 2.59. The molecule has 0 atom stereocenters. The van der Waals surface area contributed by atoms with Crippen molar-refractivity contribution < 1.29 is 28.8 Å². The molecule has 0 aliphatic carbocycles. The molecule has 0 N–H and O–H groups in total. The van der Waals surface area contributed by atoms with E-state index in [9.17, 15) is 9.90 Å². The van der Waals surface area contributed by atoms with Gasteiger partial charge >= 0.3 is 18.9 Å². The van der Waals surface area contributed by atoms with E-state index in [4.69, 9.17) is 0 Å². The first-order chi connectivity index (χ1) is 10.0. The molecule has 3 rings (SSSR count). The van der Waals surface area contributed by atoms with Crippen LogP contribution in [0.4, 0.5) is 0 Å². The maximum atomic E-state index is 10.7. The Bertz CT molecular complexity index is 684. The summed E-state index contributed by atoms with van der Waals surface area (Å²) in [5.41, 5.74) is 3.65. The molecule has 0 saturated heterocycles. The summed E-state index contributed by atoms with van der Waals surface area (Å²) in [6.45, 7) is 6.86. The van der Waals surface area contributed by atoms with Crippen molar-refractivity contribution in [2.45, 2.75) is 39.5 Å². The van der Waals surface area contributed by atoms with Gasteiger partial charge in [0.15, 0.2) is 0 Å². The Morgan fingerprint density at radius 3 is 2.68 bits per heavy atom. The minimum Gasteiger partial charge on any atom is -0.543 e. The third kappa shape index (κ3) is 3.41. The van der Waals surface area contributed by atoms with Crippen LogP contribution in [0.25, 0.3) is 0 Å². The van der Waals surface area contributed by atoms with Crippen LogP contribution >= 0.6 is 0 Å². The van der Waals surface area contributed by atoms with Crippen LogP contribution in [0.1, 0.15) is 41.0 Å². The minimum atomic E-state index is -1.30. The van der Waals surface area contributed by atoms with Crippen LogP contribution in [-0.4, -0.2) is 31.9 Å². The summed E-state index contributed by atoms with van der Waals surface area (Å²) < 4.78 is 1.52. The Morgan fingerprint density at radius 2 is 2.05 bits per heavy atom. The number of hydrogen-bond acceptors (Lipinski definition) is 5. The number of aromatic nitrogens is 3. The summed E-state index contributed by atoms with van der Waals surface area (Å²) in [5.74, 6) is -1.30. The van der Waals surface area contributed by atoms with Crippen molar-refractivity contribution in [1.82, 2.24) is 19.9 Å². The van der Waals surface area contributed by atoms with Gasteiger partial charge in [-0.2, -0.15) is 0 Å². The van der Waals surface area contributed by atoms with Crippen molar-refractivity contribution in [1.29, 1.82) is 0 Å². The molecule has 0 unspecified atom stereocenters. The predicted molar refractivity (Wildman–Crippen MR) is 74.3 cm³/mol. The van der Waals surface area contributed by atoms with Gasteiger partial charge in [-0.1, -0.05) is 23.4 Å². The average molecular weight is 292 g/mol. The van der Waals surface area contributed by atoms with Gasteiger partial charge in [0.05, 0.1) is 18.7 Å². The van der Waals surface area contributed by atoms with Crippen molar-refractivity contribution in [3.63, 3.8) is 0 Å². The Balaban J connectivity index is 0.00000176. The van der Waals surface area contributed by atoms with E-state index in [-0.39, 0.29) is 24.6 Å². The molecule has 2 aromatic rings. The third-order valence-electron chi connectivity index (χ3n) is 3.84. The molecule has 7 heteroatoms. The molecular formula is C15H17LiN4O2. The molecule has 2 heterocycles. The van der Waals surface area contributed by atoms with Crippen LogP contribution in [0.5, 0.6) is 0 Å². The zero-order valence-corrected chi connectivity index (χ0v) is 13.1. The summed E-state index contributed by atoms with van der Waals surface area (Å²) >= 11 is 0. The molecule has 0 radical (unpaired) electrons. The normalized spacial score (nSPS) is 14.0.